The first-order valence-electron chi connectivity index (χ1n) is 6.24. The van der Waals surface area contributed by atoms with Crippen LogP contribution in [0.2, 0.25) is 0 Å². The Morgan fingerprint density at radius 2 is 2.19 bits per heavy atom. The van der Waals surface area contributed by atoms with Gasteiger partial charge in [0.05, 0.1) is 11.5 Å². The molecule has 1 rings (SSSR count). The summed E-state index contributed by atoms with van der Waals surface area (Å²) in [7, 11) is -3.89. The molecule has 0 radical (unpaired) electrons. The van der Waals surface area contributed by atoms with Gasteiger partial charge in [0.2, 0.25) is 0 Å². The molecule has 0 unspecified atom stereocenters. The monoisotopic (exact) mass is 338 g/mol. The number of sulfonamides is 1. The second-order valence-electron chi connectivity index (χ2n) is 4.16. The Labute approximate surface area is 126 Å². The Balaban J connectivity index is 3.18. The quantitative estimate of drug-likeness (QED) is 0.342. The molecule has 0 bridgehead atoms. The Morgan fingerprint density at radius 1 is 1.52 bits per heavy atom. The van der Waals surface area contributed by atoms with E-state index in [2.05, 4.69) is 5.43 Å². The van der Waals surface area contributed by atoms with Crippen LogP contribution >= 0.6 is 11.3 Å². The highest BCUT2D eigenvalue weighted by Crippen LogP contribution is 2.37. The highest BCUT2D eigenvalue weighted by molar-refractivity contribution is 7.91. The van der Waals surface area contributed by atoms with Gasteiger partial charge >= 0.3 is 5.69 Å². The number of aliphatic hydroxyl groups is 1. The van der Waals surface area contributed by atoms with E-state index in [4.69, 9.17) is 10.9 Å². The number of nitrogen functional groups attached to an aromatic ring is 1. The molecule has 0 saturated carbocycles. The Hall–Kier alpha value is -1.27. The lowest BCUT2D eigenvalue weighted by Gasteiger charge is -2.19. The number of nitro groups is 1. The highest BCUT2D eigenvalue weighted by atomic mass is 32.2. The van der Waals surface area contributed by atoms with E-state index in [1.54, 1.807) is 0 Å². The van der Waals surface area contributed by atoms with Crippen LogP contribution in [0.25, 0.3) is 0 Å². The summed E-state index contributed by atoms with van der Waals surface area (Å²) in [6.07, 6.45) is 1.42. The average Bonchev–Trinajstić information content (AvgIpc) is 2.88. The van der Waals surface area contributed by atoms with Crippen molar-refractivity contribution in [3.63, 3.8) is 0 Å². The zero-order chi connectivity index (χ0) is 16.0. The second kappa shape index (κ2) is 7.66. The van der Waals surface area contributed by atoms with Gasteiger partial charge in [0.1, 0.15) is 4.21 Å². The van der Waals surface area contributed by atoms with Gasteiger partial charge in [-0.25, -0.2) is 14.3 Å². The molecule has 0 aliphatic heterocycles. The van der Waals surface area contributed by atoms with Crippen molar-refractivity contribution < 1.29 is 18.4 Å². The minimum atomic E-state index is -3.89. The largest absolute Gasteiger partial charge is 0.395 e. The van der Waals surface area contributed by atoms with Crippen LogP contribution in [0.3, 0.4) is 0 Å². The number of hydrogen-bond donors (Lipinski definition) is 3. The Kier molecular flexibility index (Phi) is 6.48. The maximum absolute atomic E-state index is 12.5. The molecule has 21 heavy (non-hydrogen) atoms. The molecular weight excluding hydrogens is 320 g/mol. The summed E-state index contributed by atoms with van der Waals surface area (Å²) < 4.78 is 25.9. The van der Waals surface area contributed by atoms with Crippen LogP contribution < -0.4 is 11.3 Å². The first-order valence-corrected chi connectivity index (χ1v) is 8.50. The third-order valence-corrected chi connectivity index (χ3v) is 6.13. The predicted octanol–water partition coefficient (Wildman–Crippen LogP) is 0.725. The van der Waals surface area contributed by atoms with Crippen LogP contribution in [0.5, 0.6) is 0 Å². The van der Waals surface area contributed by atoms with E-state index in [1.807, 2.05) is 6.92 Å². The molecule has 1 aromatic heterocycles. The Bertz CT molecular complexity index is 586. The number of nitrogens with two attached hydrogens (primary N) is 1. The first-order chi connectivity index (χ1) is 9.88. The lowest BCUT2D eigenvalue weighted by atomic mass is 10.3. The van der Waals surface area contributed by atoms with Crippen LogP contribution in [0, 0.1) is 10.1 Å². The molecule has 0 saturated heterocycles. The van der Waals surface area contributed by atoms with Gasteiger partial charge in [-0.1, -0.05) is 24.7 Å². The number of hydrogen-bond acceptors (Lipinski definition) is 8. The van der Waals surface area contributed by atoms with E-state index >= 15 is 0 Å². The van der Waals surface area contributed by atoms with Crippen molar-refractivity contribution in [1.82, 2.24) is 4.31 Å². The summed E-state index contributed by atoms with van der Waals surface area (Å²) in [5, 5.41) is 19.8. The zero-order valence-corrected chi connectivity index (χ0v) is 13.1. The van der Waals surface area contributed by atoms with Gasteiger partial charge in [-0.2, -0.15) is 4.31 Å². The number of nitrogens with one attached hydrogen (secondary N) is 1. The molecule has 11 heteroatoms. The average molecular weight is 338 g/mol. The van der Waals surface area contributed by atoms with Crippen molar-refractivity contribution in [3.05, 3.63) is 16.2 Å². The normalized spacial score (nSPS) is 11.8. The molecule has 1 aromatic rings. The second-order valence-corrected chi connectivity index (χ2v) is 7.38. The van der Waals surface area contributed by atoms with Crippen molar-refractivity contribution >= 4 is 32.0 Å². The molecule has 4 N–H and O–H groups in total. The van der Waals surface area contributed by atoms with Crippen LogP contribution in [0.4, 0.5) is 10.7 Å². The smallest absolute Gasteiger partial charge is 0.306 e. The highest BCUT2D eigenvalue weighted by Gasteiger charge is 2.30. The summed E-state index contributed by atoms with van der Waals surface area (Å²) in [6.45, 7) is 1.78. The topological polar surface area (TPSA) is 139 Å². The summed E-state index contributed by atoms with van der Waals surface area (Å²) in [6, 6.07) is 0.978. The molecular formula is C10H18N4O5S2. The van der Waals surface area contributed by atoms with Gasteiger partial charge in [0.25, 0.3) is 10.0 Å². The summed E-state index contributed by atoms with van der Waals surface area (Å²) in [4.78, 5) is 10.2. The molecule has 0 atom stereocenters. The van der Waals surface area contributed by atoms with Crippen molar-refractivity contribution in [2.45, 2.75) is 24.0 Å². The fraction of sp³-hybridized carbons (Fsp3) is 0.600. The summed E-state index contributed by atoms with van der Waals surface area (Å²) in [5.41, 5.74) is 1.74. The molecule has 0 spiro atoms. The van der Waals surface area contributed by atoms with Gasteiger partial charge in [0.15, 0.2) is 5.00 Å². The predicted molar refractivity (Wildman–Crippen MR) is 79.5 cm³/mol. The van der Waals surface area contributed by atoms with E-state index in [1.165, 1.54) is 0 Å². The number of thiophene rings is 1. The van der Waals surface area contributed by atoms with E-state index in [0.29, 0.717) is 17.8 Å². The lowest BCUT2D eigenvalue weighted by Crippen LogP contribution is -2.34. The maximum atomic E-state index is 12.5. The molecule has 0 aromatic carbocycles. The van der Waals surface area contributed by atoms with Gasteiger partial charge in [-0.05, 0) is 6.42 Å². The fourth-order valence-corrected chi connectivity index (χ4v) is 4.51. The van der Waals surface area contributed by atoms with Crippen molar-refractivity contribution in [2.24, 2.45) is 5.84 Å². The summed E-state index contributed by atoms with van der Waals surface area (Å²) in [5.74, 6) is 5.17. The van der Waals surface area contributed by atoms with Crippen LogP contribution in [0.1, 0.15) is 19.8 Å². The Morgan fingerprint density at radius 3 is 2.62 bits per heavy atom. The maximum Gasteiger partial charge on any atom is 0.306 e. The van der Waals surface area contributed by atoms with Crippen molar-refractivity contribution in [2.75, 3.05) is 25.1 Å². The van der Waals surface area contributed by atoms with E-state index in [9.17, 15) is 18.5 Å². The van der Waals surface area contributed by atoms with Gasteiger partial charge < -0.3 is 10.5 Å². The van der Waals surface area contributed by atoms with E-state index < -0.39 is 14.9 Å². The van der Waals surface area contributed by atoms with Crippen molar-refractivity contribution in [1.29, 1.82) is 0 Å². The number of nitrogens with zero attached hydrogens (tertiary/aromatic N) is 2. The number of hydrazine groups is 1. The zero-order valence-electron chi connectivity index (χ0n) is 11.5. The minimum absolute atomic E-state index is 0.0296. The molecule has 120 valence electrons. The fourth-order valence-electron chi connectivity index (χ4n) is 1.65. The molecule has 0 aliphatic carbocycles. The van der Waals surface area contributed by atoms with Crippen LogP contribution in [-0.2, 0) is 10.0 Å². The molecule has 0 aliphatic rings. The molecule has 0 fully saturated rings. The van der Waals surface area contributed by atoms with Gasteiger partial charge in [0, 0.05) is 19.2 Å². The minimum Gasteiger partial charge on any atom is -0.395 e. The van der Waals surface area contributed by atoms with Crippen molar-refractivity contribution in [3.8, 4) is 0 Å². The third kappa shape index (κ3) is 4.11. The van der Waals surface area contributed by atoms with Crippen LogP contribution in [0.15, 0.2) is 10.3 Å². The molecule has 0 amide bonds. The number of unbranched alkanes of at least 4 members (excludes halogenated alkanes) is 1. The van der Waals surface area contributed by atoms with Gasteiger partial charge in [-0.3, -0.25) is 10.1 Å². The first kappa shape index (κ1) is 17.8. The third-order valence-electron chi connectivity index (χ3n) is 2.72. The van der Waals surface area contributed by atoms with E-state index in [-0.39, 0.29) is 34.6 Å². The molecule has 9 nitrogen and oxygen atoms in total. The molecule has 1 heterocycles. The van der Waals surface area contributed by atoms with E-state index in [0.717, 1.165) is 16.8 Å². The SMILES string of the molecule is CCCCN(CCO)S(=O)(=O)c1cc([N+](=O)[O-])c(NN)s1. The van der Waals surface area contributed by atoms with Crippen LogP contribution in [-0.4, -0.2) is 42.4 Å². The number of anilines is 1. The standard InChI is InChI=1S/C10H18N4O5S2/c1-2-3-4-13(5-6-15)21(18,19)9-7-8(14(16)17)10(12-11)20-9/h7,12,15H,2-6,11H2,1H3. The van der Waals surface area contributed by atoms with Gasteiger partial charge in [-0.15, -0.1) is 0 Å². The number of rotatable bonds is 9. The number of aliphatic hydroxyl groups excluding tert-OH is 1. The lowest BCUT2D eigenvalue weighted by molar-refractivity contribution is -0.383. The summed E-state index contributed by atoms with van der Waals surface area (Å²) >= 11 is 0.693.